The van der Waals surface area contributed by atoms with Gasteiger partial charge in [-0.1, -0.05) is 12.1 Å². The highest BCUT2D eigenvalue weighted by atomic mass is 16.5. The summed E-state index contributed by atoms with van der Waals surface area (Å²) in [6.07, 6.45) is 7.09. The smallest absolute Gasteiger partial charge is 0.276 e. The number of allylic oxidation sites excluding steroid dienone is 1. The minimum Gasteiger partial charge on any atom is -0.379 e. The molecule has 10 heteroatoms. The van der Waals surface area contributed by atoms with Crippen molar-refractivity contribution in [1.82, 2.24) is 25.1 Å². The molecule has 1 fully saturated rings. The lowest BCUT2D eigenvalue weighted by molar-refractivity contribution is 0.0338. The summed E-state index contributed by atoms with van der Waals surface area (Å²) in [5, 5.41) is 10.6. The number of dihydropyridines is 1. The maximum atomic E-state index is 12.8. The minimum atomic E-state index is -0.349. The Hall–Kier alpha value is -3.63. The highest BCUT2D eigenvalue weighted by molar-refractivity contribution is 6.14. The topological polar surface area (TPSA) is 134 Å². The van der Waals surface area contributed by atoms with Crippen molar-refractivity contribution in [1.29, 1.82) is 0 Å². The molecule has 0 spiro atoms. The summed E-state index contributed by atoms with van der Waals surface area (Å²) < 4.78 is 5.44. The summed E-state index contributed by atoms with van der Waals surface area (Å²) in [7, 11) is 0. The summed E-state index contributed by atoms with van der Waals surface area (Å²) in [4.78, 5) is 27.6. The summed E-state index contributed by atoms with van der Waals surface area (Å²) in [5.74, 6) is 0.145. The van der Waals surface area contributed by atoms with Gasteiger partial charge in [0.25, 0.3) is 5.91 Å². The van der Waals surface area contributed by atoms with Gasteiger partial charge in [-0.2, -0.15) is 5.10 Å². The Morgan fingerprint density at radius 2 is 2.06 bits per heavy atom. The number of nitrogens with one attached hydrogen (secondary N) is 2. The number of benzene rings is 1. The predicted octanol–water partition coefficient (Wildman–Crippen LogP) is 1.60. The maximum Gasteiger partial charge on any atom is 0.276 e. The van der Waals surface area contributed by atoms with Gasteiger partial charge in [-0.3, -0.25) is 19.8 Å². The molecule has 0 aliphatic carbocycles. The van der Waals surface area contributed by atoms with Gasteiger partial charge in [0, 0.05) is 43.7 Å². The molecular formula is C22H24N8O2. The second-order valence-electron chi connectivity index (χ2n) is 7.91. The van der Waals surface area contributed by atoms with Gasteiger partial charge in [0.1, 0.15) is 0 Å². The molecule has 2 aromatic heterocycles. The van der Waals surface area contributed by atoms with Crippen molar-refractivity contribution >= 4 is 40.2 Å². The normalized spacial score (nSPS) is 19.1. The van der Waals surface area contributed by atoms with Crippen molar-refractivity contribution in [3.05, 3.63) is 47.9 Å². The Morgan fingerprint density at radius 1 is 1.25 bits per heavy atom. The van der Waals surface area contributed by atoms with Crippen molar-refractivity contribution < 1.29 is 9.53 Å². The molecule has 0 radical (unpaired) electrons. The van der Waals surface area contributed by atoms with Crippen LogP contribution in [0.2, 0.25) is 0 Å². The third kappa shape index (κ3) is 4.36. The lowest BCUT2D eigenvalue weighted by Crippen LogP contribution is -2.39. The number of morpholine rings is 1. The number of anilines is 2. The fourth-order valence-corrected chi connectivity index (χ4v) is 3.99. The number of nitrogens with two attached hydrogens (primary N) is 1. The van der Waals surface area contributed by atoms with Gasteiger partial charge in [0.05, 0.1) is 36.8 Å². The first kappa shape index (κ1) is 20.3. The molecule has 4 heterocycles. The number of nitrogens with zero attached hydrogens (tertiary/aromatic N) is 5. The number of hydrogen-bond acceptors (Lipinski definition) is 8. The van der Waals surface area contributed by atoms with Crippen molar-refractivity contribution in [3.8, 4) is 0 Å². The van der Waals surface area contributed by atoms with Crippen LogP contribution in [-0.4, -0.2) is 76.6 Å². The fourth-order valence-electron chi connectivity index (χ4n) is 3.99. The van der Waals surface area contributed by atoms with Crippen LogP contribution in [-0.2, 0) is 4.74 Å². The maximum absolute atomic E-state index is 12.8. The number of amides is 1. The van der Waals surface area contributed by atoms with E-state index < -0.39 is 0 Å². The molecule has 1 amide bonds. The standard InChI is InChI=1S/C22H24N8O2/c23-22-25-11-17(12-26-22)27-21(31)20-18-8-15(1-2-19(18)28-29-20)16-7-14(9-24-10-16)13-30-3-5-32-6-4-30/h1-2,7-8,10-12,14H,3-6,9,13H2,(H,27,31)(H,28,29)(H2,23,25,26). The Bertz CT molecular complexity index is 1180. The largest absolute Gasteiger partial charge is 0.379 e. The number of hydrogen-bond donors (Lipinski definition) is 3. The molecular weight excluding hydrogens is 408 g/mol. The van der Waals surface area contributed by atoms with Gasteiger partial charge in [-0.05, 0) is 23.3 Å². The molecule has 3 aromatic rings. The van der Waals surface area contributed by atoms with E-state index in [0.717, 1.165) is 61.4 Å². The minimum absolute atomic E-state index is 0.146. The number of aliphatic imine (C=N–C) groups is 1. The number of aromatic amines is 1. The van der Waals surface area contributed by atoms with Crippen LogP contribution in [0.5, 0.6) is 0 Å². The molecule has 1 unspecified atom stereocenters. The molecule has 1 aromatic carbocycles. The number of carbonyl (C=O) groups is 1. The van der Waals surface area contributed by atoms with E-state index in [0.29, 0.717) is 17.3 Å². The first-order valence-corrected chi connectivity index (χ1v) is 10.5. The van der Waals surface area contributed by atoms with Crippen LogP contribution < -0.4 is 11.1 Å². The molecule has 2 aliphatic heterocycles. The third-order valence-electron chi connectivity index (χ3n) is 5.62. The summed E-state index contributed by atoms with van der Waals surface area (Å²) in [6.45, 7) is 5.25. The second kappa shape index (κ2) is 8.85. The number of rotatable bonds is 5. The van der Waals surface area contributed by atoms with Crippen molar-refractivity contribution in [2.24, 2.45) is 10.9 Å². The van der Waals surface area contributed by atoms with E-state index >= 15 is 0 Å². The fraction of sp³-hybridized carbons (Fsp3) is 0.318. The van der Waals surface area contributed by atoms with Gasteiger partial charge < -0.3 is 15.8 Å². The van der Waals surface area contributed by atoms with E-state index in [1.165, 1.54) is 12.4 Å². The van der Waals surface area contributed by atoms with Gasteiger partial charge in [0.2, 0.25) is 5.95 Å². The molecule has 32 heavy (non-hydrogen) atoms. The molecule has 2 aliphatic rings. The van der Waals surface area contributed by atoms with Crippen LogP contribution >= 0.6 is 0 Å². The average molecular weight is 432 g/mol. The Labute approximate surface area is 184 Å². The summed E-state index contributed by atoms with van der Waals surface area (Å²) in [5.41, 5.74) is 9.09. The first-order chi connectivity index (χ1) is 15.7. The molecule has 0 saturated carbocycles. The van der Waals surface area contributed by atoms with E-state index in [9.17, 15) is 4.79 Å². The Kier molecular flexibility index (Phi) is 5.61. The molecule has 5 rings (SSSR count). The van der Waals surface area contributed by atoms with Crippen molar-refractivity contribution in [3.63, 3.8) is 0 Å². The van der Waals surface area contributed by atoms with Gasteiger partial charge in [-0.15, -0.1) is 0 Å². The SMILES string of the molecule is Nc1ncc(NC(=O)c2n[nH]c3ccc(C4=CC(CN5CCOCC5)CN=C4)cc23)cn1. The highest BCUT2D eigenvalue weighted by Crippen LogP contribution is 2.25. The number of nitrogen functional groups attached to an aromatic ring is 1. The quantitative estimate of drug-likeness (QED) is 0.557. The lowest BCUT2D eigenvalue weighted by Gasteiger charge is -2.29. The molecule has 1 saturated heterocycles. The number of ether oxygens (including phenoxy) is 1. The zero-order valence-electron chi connectivity index (χ0n) is 17.5. The zero-order chi connectivity index (χ0) is 21.9. The summed E-state index contributed by atoms with van der Waals surface area (Å²) in [6, 6.07) is 5.92. The number of carbonyl (C=O) groups excluding carboxylic acids is 1. The third-order valence-corrected chi connectivity index (χ3v) is 5.62. The van der Waals surface area contributed by atoms with Gasteiger partial charge in [-0.25, -0.2) is 9.97 Å². The van der Waals surface area contributed by atoms with Crippen LogP contribution in [0, 0.1) is 5.92 Å². The number of aromatic nitrogens is 4. The van der Waals surface area contributed by atoms with Crippen molar-refractivity contribution in [2.45, 2.75) is 0 Å². The molecule has 10 nitrogen and oxygen atoms in total. The highest BCUT2D eigenvalue weighted by Gasteiger charge is 2.19. The Balaban J connectivity index is 1.37. The van der Waals surface area contributed by atoms with Crippen LogP contribution in [0.4, 0.5) is 11.6 Å². The second-order valence-corrected chi connectivity index (χ2v) is 7.91. The van der Waals surface area contributed by atoms with Crippen LogP contribution in [0.25, 0.3) is 16.5 Å². The summed E-state index contributed by atoms with van der Waals surface area (Å²) >= 11 is 0. The van der Waals surface area contributed by atoms with E-state index in [1.54, 1.807) is 0 Å². The van der Waals surface area contributed by atoms with Crippen LogP contribution in [0.3, 0.4) is 0 Å². The first-order valence-electron chi connectivity index (χ1n) is 10.5. The van der Waals surface area contributed by atoms with Crippen LogP contribution in [0.15, 0.2) is 41.7 Å². The molecule has 1 atom stereocenters. The number of fused-ring (bicyclic) bond motifs is 1. The van der Waals surface area contributed by atoms with E-state index in [1.807, 2.05) is 24.4 Å². The van der Waals surface area contributed by atoms with E-state index in [-0.39, 0.29) is 11.9 Å². The average Bonchev–Trinajstić information content (AvgIpc) is 3.25. The van der Waals surface area contributed by atoms with Gasteiger partial charge >= 0.3 is 0 Å². The van der Waals surface area contributed by atoms with Crippen molar-refractivity contribution in [2.75, 3.05) is 50.4 Å². The van der Waals surface area contributed by atoms with Crippen LogP contribution in [0.1, 0.15) is 16.1 Å². The molecule has 164 valence electrons. The van der Waals surface area contributed by atoms with E-state index in [4.69, 9.17) is 10.5 Å². The molecule has 0 bridgehead atoms. The zero-order valence-corrected chi connectivity index (χ0v) is 17.5. The lowest BCUT2D eigenvalue weighted by atomic mass is 9.96. The van der Waals surface area contributed by atoms with Gasteiger partial charge in [0.15, 0.2) is 5.69 Å². The monoisotopic (exact) mass is 432 g/mol. The van der Waals surface area contributed by atoms with E-state index in [2.05, 4.69) is 41.5 Å². The number of H-pyrrole nitrogens is 1. The Morgan fingerprint density at radius 3 is 2.88 bits per heavy atom. The molecule has 4 N–H and O–H groups in total. The predicted molar refractivity (Wildman–Crippen MR) is 123 cm³/mol.